The monoisotopic (exact) mass is 372 g/mol. The van der Waals surface area contributed by atoms with Crippen molar-refractivity contribution in [2.75, 3.05) is 5.32 Å². The molecule has 3 nitrogen and oxygen atoms in total. The molecule has 1 aromatic heterocycles. The van der Waals surface area contributed by atoms with E-state index in [4.69, 9.17) is 23.2 Å². The van der Waals surface area contributed by atoms with Crippen LogP contribution in [0, 0.1) is 6.92 Å². The molecule has 1 N–H and O–H groups in total. The van der Waals surface area contributed by atoms with Crippen LogP contribution in [0.2, 0.25) is 10.0 Å². The highest BCUT2D eigenvalue weighted by molar-refractivity contribution is 6.30. The lowest BCUT2D eigenvalue weighted by molar-refractivity contribution is 0.730. The number of halogens is 2. The Bertz CT molecular complexity index is 916. The molecule has 5 heteroatoms. The van der Waals surface area contributed by atoms with Crippen molar-refractivity contribution in [3.05, 3.63) is 97.9 Å². The normalized spacial score (nSPS) is 10.7. The minimum Gasteiger partial charge on any atom is -0.381 e. The molecular weight excluding hydrogens is 355 g/mol. The van der Waals surface area contributed by atoms with Crippen LogP contribution in [0.3, 0.4) is 0 Å². The fourth-order valence-corrected chi connectivity index (χ4v) is 2.86. The molecule has 0 saturated carbocycles. The van der Waals surface area contributed by atoms with Crippen LogP contribution in [-0.2, 0) is 13.1 Å². The lowest BCUT2D eigenvalue weighted by atomic mass is 10.2. The minimum atomic E-state index is -0.0337. The van der Waals surface area contributed by atoms with Crippen molar-refractivity contribution in [1.29, 1.82) is 0 Å². The maximum Gasteiger partial charge on any atom is 0.253 e. The molecule has 0 aliphatic rings. The van der Waals surface area contributed by atoms with Crippen molar-refractivity contribution < 1.29 is 0 Å². The van der Waals surface area contributed by atoms with Crippen LogP contribution >= 0.6 is 23.2 Å². The predicted molar refractivity (Wildman–Crippen MR) is 105 cm³/mol. The van der Waals surface area contributed by atoms with Gasteiger partial charge < -0.3 is 9.88 Å². The maximum absolute atomic E-state index is 12.5. The van der Waals surface area contributed by atoms with Crippen molar-refractivity contribution in [3.63, 3.8) is 0 Å². The molecule has 0 fully saturated rings. The molecule has 3 aromatic rings. The molecule has 0 bridgehead atoms. The molecule has 0 amide bonds. The Labute approximate surface area is 156 Å². The zero-order valence-corrected chi connectivity index (χ0v) is 15.3. The van der Waals surface area contributed by atoms with Crippen LogP contribution in [0.1, 0.15) is 16.8 Å². The molecule has 25 heavy (non-hydrogen) atoms. The molecule has 2 aromatic carbocycles. The number of aromatic nitrogens is 1. The standard InChI is InChI=1S/C20H18Cl2N2O/c1-14-10-19(23-12-15-2-6-17(21)7-3-15)11-20(25)24(14)13-16-4-8-18(22)9-5-16/h2-11,23H,12-13H2,1H3. The van der Waals surface area contributed by atoms with Crippen molar-refractivity contribution in [2.45, 2.75) is 20.0 Å². The first-order valence-corrected chi connectivity index (χ1v) is 8.71. The second-order valence-corrected chi connectivity index (χ2v) is 6.79. The first-order valence-electron chi connectivity index (χ1n) is 7.95. The molecule has 1 heterocycles. The number of pyridine rings is 1. The molecule has 0 unspecified atom stereocenters. The molecule has 0 aliphatic heterocycles. The van der Waals surface area contributed by atoms with Gasteiger partial charge in [-0.25, -0.2) is 0 Å². The van der Waals surface area contributed by atoms with Crippen LogP contribution in [0.25, 0.3) is 0 Å². The molecule has 0 aliphatic carbocycles. The van der Waals surface area contributed by atoms with Gasteiger partial charge in [0.05, 0.1) is 6.54 Å². The number of hydrogen-bond donors (Lipinski definition) is 1. The Balaban J connectivity index is 1.74. The number of rotatable bonds is 5. The lowest BCUT2D eigenvalue weighted by Gasteiger charge is -2.13. The summed E-state index contributed by atoms with van der Waals surface area (Å²) in [5, 5.41) is 4.69. The van der Waals surface area contributed by atoms with E-state index in [1.54, 1.807) is 10.6 Å². The highest BCUT2D eigenvalue weighted by Gasteiger charge is 2.05. The number of anilines is 1. The summed E-state index contributed by atoms with van der Waals surface area (Å²) in [6, 6.07) is 18.8. The molecule has 128 valence electrons. The van der Waals surface area contributed by atoms with Crippen LogP contribution in [-0.4, -0.2) is 4.57 Å². The van der Waals surface area contributed by atoms with Gasteiger partial charge in [0.25, 0.3) is 5.56 Å². The van der Waals surface area contributed by atoms with Gasteiger partial charge in [0.2, 0.25) is 0 Å². The van der Waals surface area contributed by atoms with Gasteiger partial charge in [0, 0.05) is 34.0 Å². The van der Waals surface area contributed by atoms with E-state index in [0.717, 1.165) is 22.5 Å². The van der Waals surface area contributed by atoms with E-state index < -0.39 is 0 Å². The Hall–Kier alpha value is -2.23. The summed E-state index contributed by atoms with van der Waals surface area (Å²) in [5.74, 6) is 0. The molecule has 3 rings (SSSR count). The van der Waals surface area contributed by atoms with Gasteiger partial charge in [-0.1, -0.05) is 47.5 Å². The minimum absolute atomic E-state index is 0.0337. The van der Waals surface area contributed by atoms with E-state index in [2.05, 4.69) is 5.32 Å². The highest BCUT2D eigenvalue weighted by atomic mass is 35.5. The number of nitrogens with zero attached hydrogens (tertiary/aromatic N) is 1. The van der Waals surface area contributed by atoms with Gasteiger partial charge in [-0.3, -0.25) is 4.79 Å². The van der Waals surface area contributed by atoms with Gasteiger partial charge in [0.1, 0.15) is 0 Å². The van der Waals surface area contributed by atoms with E-state index in [0.29, 0.717) is 23.1 Å². The van der Waals surface area contributed by atoms with Gasteiger partial charge in [-0.2, -0.15) is 0 Å². The summed E-state index contributed by atoms with van der Waals surface area (Å²) in [5.41, 5.74) is 3.82. The molecule has 0 atom stereocenters. The Kier molecular flexibility index (Phi) is 5.47. The fraction of sp³-hybridized carbons (Fsp3) is 0.150. The zero-order valence-electron chi connectivity index (χ0n) is 13.8. The Morgan fingerprint density at radius 1 is 0.880 bits per heavy atom. The average molecular weight is 373 g/mol. The van der Waals surface area contributed by atoms with Crippen LogP contribution in [0.15, 0.2) is 65.5 Å². The Morgan fingerprint density at radius 3 is 2.00 bits per heavy atom. The average Bonchev–Trinajstić information content (AvgIpc) is 2.59. The lowest BCUT2D eigenvalue weighted by Crippen LogP contribution is -2.22. The van der Waals surface area contributed by atoms with Crippen molar-refractivity contribution in [2.24, 2.45) is 0 Å². The van der Waals surface area contributed by atoms with Crippen molar-refractivity contribution in [1.82, 2.24) is 4.57 Å². The molecular formula is C20H18Cl2N2O. The van der Waals surface area contributed by atoms with Crippen LogP contribution in [0.4, 0.5) is 5.69 Å². The third-order valence-electron chi connectivity index (χ3n) is 4.00. The summed E-state index contributed by atoms with van der Waals surface area (Å²) in [6.45, 7) is 3.10. The summed E-state index contributed by atoms with van der Waals surface area (Å²) in [6.07, 6.45) is 0. The van der Waals surface area contributed by atoms with Gasteiger partial charge in [0.15, 0.2) is 0 Å². The third kappa shape index (κ3) is 4.65. The number of benzene rings is 2. The predicted octanol–water partition coefficient (Wildman–Crippen LogP) is 5.12. The summed E-state index contributed by atoms with van der Waals surface area (Å²) >= 11 is 11.8. The summed E-state index contributed by atoms with van der Waals surface area (Å²) < 4.78 is 1.75. The third-order valence-corrected chi connectivity index (χ3v) is 4.50. The molecule has 0 spiro atoms. The second-order valence-electron chi connectivity index (χ2n) is 5.92. The molecule has 0 saturated heterocycles. The topological polar surface area (TPSA) is 34.0 Å². The van der Waals surface area contributed by atoms with E-state index in [9.17, 15) is 4.79 Å². The summed E-state index contributed by atoms with van der Waals surface area (Å²) in [7, 11) is 0. The van der Waals surface area contributed by atoms with E-state index in [1.807, 2.05) is 61.5 Å². The molecule has 0 radical (unpaired) electrons. The van der Waals surface area contributed by atoms with Gasteiger partial charge in [-0.05, 0) is 48.4 Å². The fourth-order valence-electron chi connectivity index (χ4n) is 2.61. The van der Waals surface area contributed by atoms with E-state index in [-0.39, 0.29) is 5.56 Å². The first kappa shape index (κ1) is 17.6. The van der Waals surface area contributed by atoms with Crippen LogP contribution in [0.5, 0.6) is 0 Å². The largest absolute Gasteiger partial charge is 0.381 e. The van der Waals surface area contributed by atoms with Gasteiger partial charge in [-0.15, -0.1) is 0 Å². The first-order chi connectivity index (χ1) is 12.0. The van der Waals surface area contributed by atoms with Gasteiger partial charge >= 0.3 is 0 Å². The second kappa shape index (κ2) is 7.77. The summed E-state index contributed by atoms with van der Waals surface area (Å²) in [4.78, 5) is 12.5. The quantitative estimate of drug-likeness (QED) is 0.673. The van der Waals surface area contributed by atoms with E-state index in [1.165, 1.54) is 0 Å². The zero-order chi connectivity index (χ0) is 17.8. The van der Waals surface area contributed by atoms with Crippen molar-refractivity contribution >= 4 is 28.9 Å². The Morgan fingerprint density at radius 2 is 1.44 bits per heavy atom. The van der Waals surface area contributed by atoms with Crippen molar-refractivity contribution in [3.8, 4) is 0 Å². The van der Waals surface area contributed by atoms with Crippen LogP contribution < -0.4 is 10.9 Å². The highest BCUT2D eigenvalue weighted by Crippen LogP contribution is 2.14. The number of nitrogens with one attached hydrogen (secondary N) is 1. The smallest absolute Gasteiger partial charge is 0.253 e. The number of aryl methyl sites for hydroxylation is 1. The SMILES string of the molecule is Cc1cc(NCc2ccc(Cl)cc2)cc(=O)n1Cc1ccc(Cl)cc1. The maximum atomic E-state index is 12.5. The van der Waals surface area contributed by atoms with E-state index >= 15 is 0 Å². The number of hydrogen-bond acceptors (Lipinski definition) is 2.